The Hall–Kier alpha value is -5.89. The topological polar surface area (TPSA) is 133 Å². The SMILES string of the molecule is O=C(CC1CCN(Cc2ccc3c(c2)OCO3)CC1)c1cc(=O)c2ccc(F)cc2o1.O=c1cc(NC2CCCN(Cc3ccc4c(c3)OCO4)C2)c2cc(Cl)ccc2o1. The Morgan fingerprint density at radius 2 is 1.40 bits per heavy atom. The smallest absolute Gasteiger partial charge is 0.338 e. The molecular weight excluding hydrogens is 793 g/mol. The molecule has 1 atom stereocenters. The number of piperidine rings is 2. The number of fused-ring (bicyclic) bond motifs is 4. The highest BCUT2D eigenvalue weighted by Gasteiger charge is 2.25. The van der Waals surface area contributed by atoms with Crippen molar-refractivity contribution in [1.29, 1.82) is 0 Å². The van der Waals surface area contributed by atoms with E-state index in [1.807, 2.05) is 30.3 Å². The van der Waals surface area contributed by atoms with Crippen LogP contribution >= 0.6 is 11.6 Å². The number of ether oxygens (including phenoxy) is 4. The number of likely N-dealkylation sites (tertiary alicyclic amines) is 2. The summed E-state index contributed by atoms with van der Waals surface area (Å²) < 4.78 is 46.0. The molecule has 60 heavy (non-hydrogen) atoms. The lowest BCUT2D eigenvalue weighted by atomic mass is 9.91. The molecule has 14 heteroatoms. The van der Waals surface area contributed by atoms with Crippen LogP contribution in [0.4, 0.5) is 10.1 Å². The summed E-state index contributed by atoms with van der Waals surface area (Å²) in [6.07, 6.45) is 4.23. The molecular formula is C46H43ClFN3O9. The van der Waals surface area contributed by atoms with E-state index in [1.54, 1.807) is 12.1 Å². The first-order valence-electron chi connectivity index (χ1n) is 20.2. The van der Waals surface area contributed by atoms with Crippen molar-refractivity contribution in [2.24, 2.45) is 5.92 Å². The van der Waals surface area contributed by atoms with Gasteiger partial charge in [-0.05, 0) is 117 Å². The molecule has 12 nitrogen and oxygen atoms in total. The van der Waals surface area contributed by atoms with Gasteiger partial charge < -0.3 is 33.1 Å². The molecule has 0 aliphatic carbocycles. The van der Waals surface area contributed by atoms with Crippen molar-refractivity contribution in [3.05, 3.63) is 133 Å². The standard InChI is InChI=1S/C24H22FNO5.C22H21ClN2O4/c25-17-2-3-18-19(27)12-23(31-22(18)11-17)20(28)9-15-5-7-26(8-6-15)13-16-1-4-21-24(10-16)30-14-29-21;23-15-4-6-19-17(9-15)18(10-22(26)29-19)24-16-2-1-7-25(12-16)11-14-3-5-20-21(8-14)28-13-27-20/h1-4,10-12,15H,5-9,13-14H2;3-6,8-10,16,24H,1-2,7,11-13H2. The summed E-state index contributed by atoms with van der Waals surface area (Å²) >= 11 is 6.15. The van der Waals surface area contributed by atoms with Gasteiger partial charge in [0.1, 0.15) is 17.0 Å². The second-order valence-electron chi connectivity index (χ2n) is 15.7. The summed E-state index contributed by atoms with van der Waals surface area (Å²) in [4.78, 5) is 41.7. The third kappa shape index (κ3) is 9.13. The molecule has 0 spiro atoms. The van der Waals surface area contributed by atoms with Crippen molar-refractivity contribution in [3.8, 4) is 23.0 Å². The van der Waals surface area contributed by atoms with Gasteiger partial charge in [-0.2, -0.15) is 0 Å². The van der Waals surface area contributed by atoms with Gasteiger partial charge in [0.25, 0.3) is 0 Å². The average molecular weight is 836 g/mol. The van der Waals surface area contributed by atoms with Crippen LogP contribution < -0.4 is 35.3 Å². The maximum absolute atomic E-state index is 13.5. The highest BCUT2D eigenvalue weighted by atomic mass is 35.5. The van der Waals surface area contributed by atoms with Gasteiger partial charge in [-0.15, -0.1) is 0 Å². The summed E-state index contributed by atoms with van der Waals surface area (Å²) in [7, 11) is 0. The Morgan fingerprint density at radius 1 is 0.700 bits per heavy atom. The zero-order valence-corrected chi connectivity index (χ0v) is 33.5. The monoisotopic (exact) mass is 835 g/mol. The van der Waals surface area contributed by atoms with Gasteiger partial charge in [-0.3, -0.25) is 19.4 Å². The van der Waals surface area contributed by atoms with Gasteiger partial charge in [0.2, 0.25) is 13.6 Å². The second kappa shape index (κ2) is 17.4. The van der Waals surface area contributed by atoms with Crippen molar-refractivity contribution in [1.82, 2.24) is 9.80 Å². The fourth-order valence-electron chi connectivity index (χ4n) is 8.36. The largest absolute Gasteiger partial charge is 0.454 e. The van der Waals surface area contributed by atoms with E-state index in [-0.39, 0.29) is 59.1 Å². The minimum absolute atomic E-state index is 0.00545. The van der Waals surface area contributed by atoms with Crippen LogP contribution in [0.15, 0.2) is 103 Å². The number of carbonyl (C=O) groups excluding carboxylic acids is 1. The lowest BCUT2D eigenvalue weighted by molar-refractivity contribution is 0.0898. The molecule has 4 aliphatic rings. The van der Waals surface area contributed by atoms with Gasteiger partial charge in [-0.1, -0.05) is 23.7 Å². The molecule has 6 heterocycles. The third-order valence-corrected chi connectivity index (χ3v) is 11.6. The van der Waals surface area contributed by atoms with Gasteiger partial charge in [0.05, 0.1) is 11.1 Å². The minimum atomic E-state index is -0.505. The highest BCUT2D eigenvalue weighted by Crippen LogP contribution is 2.35. The molecule has 0 saturated carbocycles. The summed E-state index contributed by atoms with van der Waals surface area (Å²) in [6.45, 7) is 5.92. The molecule has 6 aromatic rings. The fourth-order valence-corrected chi connectivity index (χ4v) is 8.54. The van der Waals surface area contributed by atoms with E-state index in [9.17, 15) is 18.8 Å². The van der Waals surface area contributed by atoms with E-state index in [1.165, 1.54) is 35.4 Å². The van der Waals surface area contributed by atoms with Crippen molar-refractivity contribution < 1.29 is 37.0 Å². The number of nitrogens with zero attached hydrogens (tertiary/aromatic N) is 2. The minimum Gasteiger partial charge on any atom is -0.454 e. The first kappa shape index (κ1) is 39.6. The number of benzene rings is 4. The van der Waals surface area contributed by atoms with Crippen molar-refractivity contribution in [3.63, 3.8) is 0 Å². The lowest BCUT2D eigenvalue weighted by Crippen LogP contribution is -2.41. The number of ketones is 1. The summed E-state index contributed by atoms with van der Waals surface area (Å²) in [5.74, 6) is 2.71. The number of rotatable bonds is 9. The number of carbonyl (C=O) groups is 1. The molecule has 2 saturated heterocycles. The molecule has 0 amide bonds. The van der Waals surface area contributed by atoms with Crippen LogP contribution in [0.5, 0.6) is 23.0 Å². The van der Waals surface area contributed by atoms with Gasteiger partial charge in [0.15, 0.2) is 40.0 Å². The maximum Gasteiger partial charge on any atom is 0.338 e. The Morgan fingerprint density at radius 3 is 2.13 bits per heavy atom. The number of anilines is 1. The van der Waals surface area contributed by atoms with Crippen molar-refractivity contribution in [2.75, 3.05) is 45.1 Å². The number of halogens is 2. The first-order chi connectivity index (χ1) is 29.2. The van der Waals surface area contributed by atoms with Crippen LogP contribution in [-0.2, 0) is 13.1 Å². The molecule has 2 fully saturated rings. The number of nitrogens with one attached hydrogen (secondary N) is 1. The highest BCUT2D eigenvalue weighted by molar-refractivity contribution is 6.31. The van der Waals surface area contributed by atoms with E-state index in [2.05, 4.69) is 27.2 Å². The molecule has 0 radical (unpaired) electrons. The number of hydrogen-bond acceptors (Lipinski definition) is 12. The molecule has 4 aliphatic heterocycles. The van der Waals surface area contributed by atoms with Crippen LogP contribution in [0.1, 0.15) is 53.8 Å². The normalized spacial score (nSPS) is 17.7. The van der Waals surface area contributed by atoms with Crippen molar-refractivity contribution >= 4 is 45.0 Å². The predicted molar refractivity (Wildman–Crippen MR) is 224 cm³/mol. The number of hydrogen-bond donors (Lipinski definition) is 1. The van der Waals surface area contributed by atoms with Crippen LogP contribution in [0.3, 0.4) is 0 Å². The fraction of sp³-hybridized carbons (Fsp3) is 0.326. The Bertz CT molecular complexity index is 2680. The van der Waals surface area contributed by atoms with Crippen LogP contribution in [0.25, 0.3) is 21.9 Å². The predicted octanol–water partition coefficient (Wildman–Crippen LogP) is 8.40. The summed E-state index contributed by atoms with van der Waals surface area (Å²) in [5, 5.41) is 5.25. The van der Waals surface area contributed by atoms with E-state index in [4.69, 9.17) is 39.4 Å². The molecule has 310 valence electrons. The van der Waals surface area contributed by atoms with E-state index in [0.717, 1.165) is 105 Å². The molecule has 10 rings (SSSR count). The zero-order chi connectivity index (χ0) is 41.2. The zero-order valence-electron chi connectivity index (χ0n) is 32.8. The Kier molecular flexibility index (Phi) is 11.5. The summed E-state index contributed by atoms with van der Waals surface area (Å²) in [6, 6.07) is 24.1. The van der Waals surface area contributed by atoms with Crippen LogP contribution in [-0.4, -0.2) is 61.4 Å². The first-order valence-corrected chi connectivity index (χ1v) is 20.6. The third-order valence-electron chi connectivity index (χ3n) is 11.4. The lowest BCUT2D eigenvalue weighted by Gasteiger charge is -2.33. The van der Waals surface area contributed by atoms with Crippen LogP contribution in [0.2, 0.25) is 5.02 Å². The molecule has 4 aromatic carbocycles. The average Bonchev–Trinajstić information content (AvgIpc) is 3.91. The molecule has 0 bridgehead atoms. The van der Waals surface area contributed by atoms with E-state index < -0.39 is 5.82 Å². The van der Waals surface area contributed by atoms with E-state index >= 15 is 0 Å². The Balaban J connectivity index is 0.000000154. The van der Waals surface area contributed by atoms with Gasteiger partial charge in [0, 0.05) is 60.7 Å². The van der Waals surface area contributed by atoms with Crippen LogP contribution in [0, 0.1) is 11.7 Å². The number of Topliss-reactive ketones (excluding diaryl/α,β-unsaturated/α-hetero) is 1. The molecule has 2 aromatic heterocycles. The summed E-state index contributed by atoms with van der Waals surface area (Å²) in [5.41, 5.74) is 3.09. The quantitative estimate of drug-likeness (QED) is 0.111. The second-order valence-corrected chi connectivity index (χ2v) is 16.1. The van der Waals surface area contributed by atoms with E-state index in [0.29, 0.717) is 17.0 Å². The molecule has 1 N–H and O–H groups in total. The molecule has 1 unspecified atom stereocenters. The van der Waals surface area contributed by atoms with Gasteiger partial charge >= 0.3 is 5.63 Å². The Labute approximate surface area is 349 Å². The maximum atomic E-state index is 13.5. The van der Waals surface area contributed by atoms with Gasteiger partial charge in [-0.25, -0.2) is 9.18 Å². The van der Waals surface area contributed by atoms with Crippen molar-refractivity contribution in [2.45, 2.75) is 51.2 Å².